The van der Waals surface area contributed by atoms with E-state index < -0.39 is 0 Å². The molecule has 1 N–H and O–H groups in total. The number of hydrogen-bond donors (Lipinski definition) is 1. The molecule has 6 heteroatoms. The molecule has 1 aliphatic rings. The van der Waals surface area contributed by atoms with Crippen LogP contribution in [0.15, 0.2) is 36.4 Å². The van der Waals surface area contributed by atoms with Gasteiger partial charge in [0.15, 0.2) is 11.5 Å². The van der Waals surface area contributed by atoms with Gasteiger partial charge in [-0.05, 0) is 30.7 Å². The van der Waals surface area contributed by atoms with Crippen LogP contribution in [0, 0.1) is 6.92 Å². The van der Waals surface area contributed by atoms with E-state index in [0.717, 1.165) is 39.6 Å². The summed E-state index contributed by atoms with van der Waals surface area (Å²) in [6.07, 6.45) is 0. The number of nitrogens with one attached hydrogen (secondary N) is 1. The zero-order chi connectivity index (χ0) is 16.7. The quantitative estimate of drug-likeness (QED) is 0.688. The van der Waals surface area contributed by atoms with Crippen LogP contribution in [0.2, 0.25) is 10.0 Å². The number of aryl methyl sites for hydroxylation is 1. The Labute approximate surface area is 149 Å². The first-order chi connectivity index (χ1) is 11.6. The molecular formula is C18H14Cl2N2O2. The van der Waals surface area contributed by atoms with E-state index in [4.69, 9.17) is 32.7 Å². The van der Waals surface area contributed by atoms with Gasteiger partial charge in [-0.3, -0.25) is 5.10 Å². The summed E-state index contributed by atoms with van der Waals surface area (Å²) in [6.45, 7) is 3.09. The fourth-order valence-electron chi connectivity index (χ4n) is 2.86. The van der Waals surface area contributed by atoms with Crippen LogP contribution >= 0.6 is 23.2 Å². The van der Waals surface area contributed by atoms with Crippen LogP contribution < -0.4 is 9.47 Å². The van der Waals surface area contributed by atoms with Crippen LogP contribution in [0.25, 0.3) is 22.4 Å². The number of fused-ring (bicyclic) bond motifs is 1. The lowest BCUT2D eigenvalue weighted by Gasteiger charge is -2.19. The van der Waals surface area contributed by atoms with Gasteiger partial charge in [-0.1, -0.05) is 41.4 Å². The molecule has 3 aromatic rings. The van der Waals surface area contributed by atoms with Crippen molar-refractivity contribution in [2.24, 2.45) is 0 Å². The van der Waals surface area contributed by atoms with Gasteiger partial charge < -0.3 is 9.47 Å². The van der Waals surface area contributed by atoms with Gasteiger partial charge in [0.25, 0.3) is 0 Å². The van der Waals surface area contributed by atoms with Crippen molar-refractivity contribution in [3.8, 4) is 33.9 Å². The lowest BCUT2D eigenvalue weighted by atomic mass is 9.98. The number of H-pyrrole nitrogens is 1. The lowest BCUT2D eigenvalue weighted by Crippen LogP contribution is -2.15. The fourth-order valence-corrected chi connectivity index (χ4v) is 3.25. The van der Waals surface area contributed by atoms with E-state index in [0.29, 0.717) is 23.3 Å². The second kappa shape index (κ2) is 6.04. The van der Waals surface area contributed by atoms with Crippen molar-refractivity contribution in [3.63, 3.8) is 0 Å². The molecule has 0 amide bonds. The number of aromatic amines is 1. The maximum absolute atomic E-state index is 6.38. The predicted molar refractivity (Wildman–Crippen MR) is 95.2 cm³/mol. The van der Waals surface area contributed by atoms with Crippen LogP contribution in [0.1, 0.15) is 5.69 Å². The Morgan fingerprint density at radius 1 is 1.04 bits per heavy atom. The number of benzene rings is 2. The van der Waals surface area contributed by atoms with Crippen LogP contribution in [0.3, 0.4) is 0 Å². The first-order valence-electron chi connectivity index (χ1n) is 7.54. The molecule has 4 nitrogen and oxygen atoms in total. The highest BCUT2D eigenvalue weighted by molar-refractivity contribution is 6.43. The highest BCUT2D eigenvalue weighted by Crippen LogP contribution is 2.41. The van der Waals surface area contributed by atoms with Gasteiger partial charge in [0.05, 0.1) is 10.0 Å². The van der Waals surface area contributed by atoms with E-state index in [9.17, 15) is 0 Å². The first-order valence-corrected chi connectivity index (χ1v) is 8.30. The highest BCUT2D eigenvalue weighted by atomic mass is 35.5. The molecule has 2 heterocycles. The van der Waals surface area contributed by atoms with E-state index in [1.54, 1.807) is 6.07 Å². The molecule has 0 saturated carbocycles. The van der Waals surface area contributed by atoms with E-state index in [-0.39, 0.29) is 0 Å². The zero-order valence-electron chi connectivity index (χ0n) is 12.9. The van der Waals surface area contributed by atoms with Gasteiger partial charge in [-0.15, -0.1) is 0 Å². The Bertz CT molecular complexity index is 921. The average molecular weight is 361 g/mol. The lowest BCUT2D eigenvalue weighted by molar-refractivity contribution is 0.171. The van der Waals surface area contributed by atoms with E-state index >= 15 is 0 Å². The Morgan fingerprint density at radius 3 is 2.67 bits per heavy atom. The number of nitrogens with zero attached hydrogens (tertiary/aromatic N) is 1. The van der Waals surface area contributed by atoms with Crippen LogP contribution in [0.5, 0.6) is 11.5 Å². The molecule has 2 aromatic carbocycles. The maximum atomic E-state index is 6.38. The number of aromatic nitrogens is 2. The molecule has 0 saturated heterocycles. The summed E-state index contributed by atoms with van der Waals surface area (Å²) in [4.78, 5) is 0. The maximum Gasteiger partial charge on any atom is 0.161 e. The first kappa shape index (κ1) is 15.4. The summed E-state index contributed by atoms with van der Waals surface area (Å²) in [5.74, 6) is 1.50. The van der Waals surface area contributed by atoms with Gasteiger partial charge in [0.1, 0.15) is 18.9 Å². The molecule has 122 valence electrons. The molecule has 0 atom stereocenters. The molecule has 0 aliphatic carbocycles. The minimum Gasteiger partial charge on any atom is -0.486 e. The molecule has 1 aromatic heterocycles. The standard InChI is InChI=1S/C18H14Cl2N2O2/c1-10-16(11-5-6-14-15(9-11)24-8-7-23-14)18(22-21-10)12-3-2-4-13(19)17(12)20/h2-6,9H,7-8H2,1H3,(H,21,22). The number of hydrogen-bond acceptors (Lipinski definition) is 3. The third kappa shape index (κ3) is 2.52. The van der Waals surface area contributed by atoms with Crippen LogP contribution in [-0.2, 0) is 0 Å². The van der Waals surface area contributed by atoms with Gasteiger partial charge in [-0.2, -0.15) is 5.10 Å². The Morgan fingerprint density at radius 2 is 1.83 bits per heavy atom. The van der Waals surface area contributed by atoms with Crippen molar-refractivity contribution in [3.05, 3.63) is 52.1 Å². The summed E-state index contributed by atoms with van der Waals surface area (Å²) in [7, 11) is 0. The van der Waals surface area contributed by atoms with Crippen LogP contribution in [-0.4, -0.2) is 23.4 Å². The van der Waals surface area contributed by atoms with Crippen LogP contribution in [0.4, 0.5) is 0 Å². The van der Waals surface area contributed by atoms with Gasteiger partial charge in [0, 0.05) is 16.8 Å². The second-order valence-electron chi connectivity index (χ2n) is 5.53. The summed E-state index contributed by atoms with van der Waals surface area (Å²) in [6, 6.07) is 11.4. The molecule has 1 aliphatic heterocycles. The van der Waals surface area contributed by atoms with E-state index in [1.807, 2.05) is 37.3 Å². The molecule has 0 fully saturated rings. The topological polar surface area (TPSA) is 47.1 Å². The average Bonchev–Trinajstić information content (AvgIpc) is 2.98. The third-order valence-electron chi connectivity index (χ3n) is 3.98. The molecule has 4 rings (SSSR count). The largest absolute Gasteiger partial charge is 0.486 e. The van der Waals surface area contributed by atoms with Crippen molar-refractivity contribution in [2.75, 3.05) is 13.2 Å². The normalized spacial score (nSPS) is 13.1. The summed E-state index contributed by atoms with van der Waals surface area (Å²) >= 11 is 12.5. The number of ether oxygens (including phenoxy) is 2. The molecular weight excluding hydrogens is 347 g/mol. The van der Waals surface area contributed by atoms with Gasteiger partial charge >= 0.3 is 0 Å². The second-order valence-corrected chi connectivity index (χ2v) is 6.32. The Balaban J connectivity index is 1.88. The Hall–Kier alpha value is -2.17. The third-order valence-corrected chi connectivity index (χ3v) is 4.80. The van der Waals surface area contributed by atoms with Gasteiger partial charge in [0.2, 0.25) is 0 Å². The summed E-state index contributed by atoms with van der Waals surface area (Å²) < 4.78 is 11.3. The van der Waals surface area contributed by atoms with E-state index in [2.05, 4.69) is 10.2 Å². The fraction of sp³-hybridized carbons (Fsp3) is 0.167. The Kier molecular flexibility index (Phi) is 3.87. The van der Waals surface area contributed by atoms with Crippen molar-refractivity contribution in [1.82, 2.24) is 10.2 Å². The smallest absolute Gasteiger partial charge is 0.161 e. The molecule has 0 spiro atoms. The minimum atomic E-state index is 0.490. The summed E-state index contributed by atoms with van der Waals surface area (Å²) in [5.41, 5.74) is 4.44. The zero-order valence-corrected chi connectivity index (χ0v) is 14.4. The van der Waals surface area contributed by atoms with Crippen molar-refractivity contribution < 1.29 is 9.47 Å². The van der Waals surface area contributed by atoms with Crippen molar-refractivity contribution in [2.45, 2.75) is 6.92 Å². The molecule has 24 heavy (non-hydrogen) atoms. The summed E-state index contributed by atoms with van der Waals surface area (Å²) in [5, 5.41) is 8.47. The highest BCUT2D eigenvalue weighted by Gasteiger charge is 2.20. The van der Waals surface area contributed by atoms with Gasteiger partial charge in [-0.25, -0.2) is 0 Å². The molecule has 0 radical (unpaired) electrons. The monoisotopic (exact) mass is 360 g/mol. The van der Waals surface area contributed by atoms with E-state index in [1.165, 1.54) is 0 Å². The number of rotatable bonds is 2. The predicted octanol–water partition coefficient (Wildman–Crippen LogP) is 5.13. The van der Waals surface area contributed by atoms with Crippen molar-refractivity contribution in [1.29, 1.82) is 0 Å². The number of halogens is 2. The SMILES string of the molecule is Cc1[nH]nc(-c2cccc(Cl)c2Cl)c1-c1ccc2c(c1)OCCO2. The molecule has 0 bridgehead atoms. The minimum absolute atomic E-state index is 0.490. The molecule has 0 unspecified atom stereocenters. The van der Waals surface area contributed by atoms with Crippen molar-refractivity contribution >= 4 is 23.2 Å².